The number of carbonyl (C=O) groups excluding carboxylic acids is 2. The monoisotopic (exact) mass is 407 g/mol. The number of halogens is 1. The van der Waals surface area contributed by atoms with Crippen molar-refractivity contribution in [2.75, 3.05) is 11.9 Å². The normalized spacial score (nSPS) is 13.9. The highest BCUT2D eigenvalue weighted by Crippen LogP contribution is 2.26. The topological polar surface area (TPSA) is 110 Å². The second-order valence-corrected chi connectivity index (χ2v) is 8.61. The summed E-state index contributed by atoms with van der Waals surface area (Å²) in [7, 11) is -3.94. The minimum atomic E-state index is -3.94. The number of anilines is 1. The number of fused-ring (bicyclic) bond motifs is 1. The molecule has 0 aliphatic carbocycles. The van der Waals surface area contributed by atoms with Crippen LogP contribution in [0, 0.1) is 0 Å². The number of nitrogens with one attached hydrogen (secondary N) is 1. The summed E-state index contributed by atoms with van der Waals surface area (Å²) in [6, 6.07) is 11.0. The van der Waals surface area contributed by atoms with Crippen molar-refractivity contribution in [3.05, 3.63) is 58.6 Å². The van der Waals surface area contributed by atoms with Crippen LogP contribution >= 0.6 is 11.6 Å². The number of benzene rings is 2. The number of carbonyl (C=O) groups is 2. The first kappa shape index (κ1) is 19.3. The highest BCUT2D eigenvalue weighted by molar-refractivity contribution is 7.89. The summed E-state index contributed by atoms with van der Waals surface area (Å²) in [5, 5.41) is 3.19. The van der Waals surface area contributed by atoms with Gasteiger partial charge in [-0.1, -0.05) is 23.7 Å². The van der Waals surface area contributed by atoms with E-state index in [1.807, 2.05) is 6.07 Å². The summed E-state index contributed by atoms with van der Waals surface area (Å²) >= 11 is 5.82. The molecule has 2 aromatic rings. The van der Waals surface area contributed by atoms with Crippen LogP contribution in [0.2, 0.25) is 5.02 Å². The van der Waals surface area contributed by atoms with E-state index in [0.717, 1.165) is 15.6 Å². The van der Waals surface area contributed by atoms with Gasteiger partial charge in [0.1, 0.15) is 0 Å². The Balaban J connectivity index is 1.90. The van der Waals surface area contributed by atoms with Gasteiger partial charge >= 0.3 is 0 Å². The molecule has 0 spiro atoms. The molecule has 0 saturated heterocycles. The fourth-order valence-corrected chi connectivity index (χ4v) is 4.41. The highest BCUT2D eigenvalue weighted by atomic mass is 35.5. The van der Waals surface area contributed by atoms with E-state index in [1.165, 1.54) is 24.3 Å². The summed E-state index contributed by atoms with van der Waals surface area (Å²) in [6.45, 7) is -0.464. The Bertz CT molecular complexity index is 990. The summed E-state index contributed by atoms with van der Waals surface area (Å²) in [5.41, 5.74) is 7.60. The van der Waals surface area contributed by atoms with Gasteiger partial charge in [-0.25, -0.2) is 8.42 Å². The predicted octanol–water partition coefficient (Wildman–Crippen LogP) is 1.90. The molecule has 0 radical (unpaired) electrons. The molecule has 0 saturated carbocycles. The Morgan fingerprint density at radius 1 is 1.15 bits per heavy atom. The molecule has 0 atom stereocenters. The third kappa shape index (κ3) is 4.47. The number of rotatable bonds is 6. The van der Waals surface area contributed by atoms with E-state index in [9.17, 15) is 18.0 Å². The van der Waals surface area contributed by atoms with Gasteiger partial charge < -0.3 is 11.1 Å². The Morgan fingerprint density at radius 3 is 2.52 bits per heavy atom. The van der Waals surface area contributed by atoms with Gasteiger partial charge in [0.05, 0.1) is 11.4 Å². The number of aryl methyl sites for hydroxylation is 1. The van der Waals surface area contributed by atoms with E-state index in [2.05, 4.69) is 5.32 Å². The summed E-state index contributed by atoms with van der Waals surface area (Å²) in [6.07, 6.45) is 0.958. The smallest absolute Gasteiger partial charge is 0.243 e. The number of hydrogen-bond donors (Lipinski definition) is 2. The van der Waals surface area contributed by atoms with Crippen LogP contribution in [0.15, 0.2) is 47.4 Å². The van der Waals surface area contributed by atoms with Gasteiger partial charge in [0.2, 0.25) is 21.8 Å². The summed E-state index contributed by atoms with van der Waals surface area (Å²) in [4.78, 5) is 22.9. The Hall–Kier alpha value is -2.42. The third-order valence-corrected chi connectivity index (χ3v) is 6.27. The quantitative estimate of drug-likeness (QED) is 0.761. The Morgan fingerprint density at radius 2 is 1.85 bits per heavy atom. The minimum absolute atomic E-state index is 0.0187. The van der Waals surface area contributed by atoms with Crippen LogP contribution in [0.4, 0.5) is 5.69 Å². The van der Waals surface area contributed by atoms with Crippen molar-refractivity contribution in [1.82, 2.24) is 4.31 Å². The second kappa shape index (κ2) is 7.67. The number of amides is 2. The number of hydrogen-bond acceptors (Lipinski definition) is 4. The average molecular weight is 408 g/mol. The van der Waals surface area contributed by atoms with Crippen LogP contribution in [-0.2, 0) is 32.6 Å². The lowest BCUT2D eigenvalue weighted by atomic mass is 10.0. The number of primary amides is 1. The molecule has 142 valence electrons. The van der Waals surface area contributed by atoms with Crippen molar-refractivity contribution in [2.45, 2.75) is 24.3 Å². The van der Waals surface area contributed by atoms with Crippen molar-refractivity contribution >= 4 is 39.1 Å². The first-order valence-electron chi connectivity index (χ1n) is 8.21. The van der Waals surface area contributed by atoms with E-state index in [1.54, 1.807) is 12.1 Å². The van der Waals surface area contributed by atoms with Crippen LogP contribution in [0.3, 0.4) is 0 Å². The number of nitrogens with two attached hydrogens (primary N) is 1. The van der Waals surface area contributed by atoms with Crippen molar-refractivity contribution in [2.24, 2.45) is 5.73 Å². The van der Waals surface area contributed by atoms with Gasteiger partial charge in [-0.3, -0.25) is 9.59 Å². The molecule has 27 heavy (non-hydrogen) atoms. The molecule has 3 N–H and O–H groups in total. The third-order valence-electron chi connectivity index (χ3n) is 4.21. The summed E-state index contributed by atoms with van der Waals surface area (Å²) < 4.78 is 26.9. The molecule has 0 aromatic heterocycles. The molecule has 0 fully saturated rings. The van der Waals surface area contributed by atoms with Crippen LogP contribution in [0.1, 0.15) is 17.5 Å². The lowest BCUT2D eigenvalue weighted by molar-refractivity contribution is -0.118. The minimum Gasteiger partial charge on any atom is -0.369 e. The molecule has 7 nitrogen and oxygen atoms in total. The summed E-state index contributed by atoms with van der Waals surface area (Å²) in [5.74, 6) is -0.798. The van der Waals surface area contributed by atoms with Gasteiger partial charge in [-0.2, -0.15) is 4.31 Å². The molecule has 1 heterocycles. The van der Waals surface area contributed by atoms with Gasteiger partial charge in [0, 0.05) is 23.7 Å². The molecule has 1 aliphatic rings. The molecule has 9 heteroatoms. The van der Waals surface area contributed by atoms with Crippen molar-refractivity contribution in [3.63, 3.8) is 0 Å². The first-order valence-corrected chi connectivity index (χ1v) is 10.0. The molecule has 3 rings (SSSR count). The number of sulfonamides is 1. The number of nitrogens with zero attached hydrogens (tertiary/aromatic N) is 1. The van der Waals surface area contributed by atoms with Crippen molar-refractivity contribution in [1.29, 1.82) is 0 Å². The first-order chi connectivity index (χ1) is 12.8. The fourth-order valence-electron chi connectivity index (χ4n) is 2.89. The maximum atomic E-state index is 12.9. The molecule has 1 aliphatic heterocycles. The zero-order valence-corrected chi connectivity index (χ0v) is 15.9. The van der Waals surface area contributed by atoms with E-state index in [-0.39, 0.29) is 17.3 Å². The largest absolute Gasteiger partial charge is 0.369 e. The van der Waals surface area contributed by atoms with Crippen LogP contribution in [0.5, 0.6) is 0 Å². The zero-order valence-electron chi connectivity index (χ0n) is 14.3. The van der Waals surface area contributed by atoms with Gasteiger partial charge in [0.25, 0.3) is 0 Å². The van der Waals surface area contributed by atoms with E-state index < -0.39 is 22.5 Å². The zero-order chi connectivity index (χ0) is 19.6. The average Bonchev–Trinajstić information content (AvgIpc) is 2.61. The Labute approximate surface area is 162 Å². The van der Waals surface area contributed by atoms with E-state index in [0.29, 0.717) is 23.4 Å². The molecule has 0 unspecified atom stereocenters. The molecule has 2 amide bonds. The maximum absolute atomic E-state index is 12.9. The van der Waals surface area contributed by atoms with Gasteiger partial charge in [-0.05, 0) is 47.9 Å². The molecule has 0 bridgehead atoms. The Kier molecular flexibility index (Phi) is 5.50. The molecular formula is C18H18ClN3O4S. The fraction of sp³-hybridized carbons (Fsp3) is 0.222. The van der Waals surface area contributed by atoms with E-state index >= 15 is 0 Å². The van der Waals surface area contributed by atoms with Crippen LogP contribution in [-0.4, -0.2) is 31.1 Å². The second-order valence-electron chi connectivity index (χ2n) is 6.23. The van der Waals surface area contributed by atoms with Crippen molar-refractivity contribution in [3.8, 4) is 0 Å². The highest BCUT2D eigenvalue weighted by Gasteiger charge is 2.26. The molecule has 2 aromatic carbocycles. The molecular weight excluding hydrogens is 390 g/mol. The van der Waals surface area contributed by atoms with Crippen LogP contribution in [0.25, 0.3) is 0 Å². The van der Waals surface area contributed by atoms with E-state index in [4.69, 9.17) is 17.3 Å². The lowest BCUT2D eigenvalue weighted by Gasteiger charge is -2.23. The van der Waals surface area contributed by atoms with Crippen LogP contribution < -0.4 is 11.1 Å². The standard InChI is InChI=1S/C18H18ClN3O4S/c19-14-3-5-15(6-4-14)27(25,26)22(11-17(20)23)10-12-1-7-16-13(9-12)2-8-18(24)21-16/h1,3-7,9H,2,8,10-11H2,(H2,20,23)(H,21,24). The van der Waals surface area contributed by atoms with Gasteiger partial charge in [0.15, 0.2) is 0 Å². The van der Waals surface area contributed by atoms with Crippen molar-refractivity contribution < 1.29 is 18.0 Å². The SMILES string of the molecule is NC(=O)CN(Cc1ccc2c(c1)CCC(=O)N2)S(=O)(=O)c1ccc(Cl)cc1. The predicted molar refractivity (Wildman–Crippen MR) is 102 cm³/mol. The maximum Gasteiger partial charge on any atom is 0.243 e. The lowest BCUT2D eigenvalue weighted by Crippen LogP contribution is -2.38. The van der Waals surface area contributed by atoms with Gasteiger partial charge in [-0.15, -0.1) is 0 Å².